The molecular formula is C12H8N2O4. The molecule has 1 aliphatic rings. The molecule has 3 rings (SSSR count). The van der Waals surface area contributed by atoms with E-state index in [1.54, 1.807) is 0 Å². The van der Waals surface area contributed by atoms with Gasteiger partial charge in [-0.05, 0) is 6.07 Å². The van der Waals surface area contributed by atoms with E-state index in [9.17, 15) is 19.8 Å². The third-order valence-corrected chi connectivity index (χ3v) is 3.09. The maximum absolute atomic E-state index is 11.8. The van der Waals surface area contributed by atoms with E-state index in [2.05, 4.69) is 4.98 Å². The molecule has 1 aromatic heterocycles. The van der Waals surface area contributed by atoms with Gasteiger partial charge in [0.15, 0.2) is 0 Å². The van der Waals surface area contributed by atoms with Crippen molar-refractivity contribution in [3.8, 4) is 11.5 Å². The summed E-state index contributed by atoms with van der Waals surface area (Å²) in [5.74, 6) is -1.88. The van der Waals surface area contributed by atoms with Crippen molar-refractivity contribution in [2.24, 2.45) is 0 Å². The Morgan fingerprint density at radius 1 is 1.06 bits per heavy atom. The summed E-state index contributed by atoms with van der Waals surface area (Å²) in [7, 11) is 1.30. The number of fused-ring (bicyclic) bond motifs is 2. The standard InChI is InChI=1S/C12H8N2O4/c1-14-11(17)7-8(12(14)18)10(16)6-4-13-3-2-5(6)9(7)15/h2-4,15-16H,1H3. The van der Waals surface area contributed by atoms with Crippen molar-refractivity contribution in [1.82, 2.24) is 9.88 Å². The molecule has 0 atom stereocenters. The van der Waals surface area contributed by atoms with Crippen molar-refractivity contribution in [3.05, 3.63) is 29.6 Å². The summed E-state index contributed by atoms with van der Waals surface area (Å²) >= 11 is 0. The van der Waals surface area contributed by atoms with Crippen molar-refractivity contribution in [1.29, 1.82) is 0 Å². The number of imide groups is 1. The third kappa shape index (κ3) is 1.04. The van der Waals surface area contributed by atoms with Gasteiger partial charge in [0.25, 0.3) is 11.8 Å². The maximum atomic E-state index is 11.8. The molecule has 0 unspecified atom stereocenters. The minimum atomic E-state index is -0.631. The van der Waals surface area contributed by atoms with Crippen molar-refractivity contribution < 1.29 is 19.8 Å². The number of carbonyl (C=O) groups excluding carboxylic acids is 2. The van der Waals surface area contributed by atoms with Gasteiger partial charge in [-0.3, -0.25) is 19.5 Å². The fraction of sp³-hybridized carbons (Fsp3) is 0.0833. The molecule has 18 heavy (non-hydrogen) atoms. The quantitative estimate of drug-likeness (QED) is 0.530. The third-order valence-electron chi connectivity index (χ3n) is 3.09. The molecular weight excluding hydrogens is 236 g/mol. The molecule has 0 saturated carbocycles. The van der Waals surface area contributed by atoms with Crippen LogP contribution in [0.25, 0.3) is 10.8 Å². The van der Waals surface area contributed by atoms with Crippen LogP contribution in [0.2, 0.25) is 0 Å². The molecule has 0 fully saturated rings. The molecule has 2 N–H and O–H groups in total. The van der Waals surface area contributed by atoms with E-state index in [1.807, 2.05) is 0 Å². The van der Waals surface area contributed by atoms with Gasteiger partial charge < -0.3 is 10.2 Å². The Kier molecular flexibility index (Phi) is 1.87. The van der Waals surface area contributed by atoms with E-state index in [0.29, 0.717) is 0 Å². The predicted molar refractivity (Wildman–Crippen MR) is 61.5 cm³/mol. The number of phenols is 2. The van der Waals surface area contributed by atoms with Gasteiger partial charge in [-0.15, -0.1) is 0 Å². The van der Waals surface area contributed by atoms with Gasteiger partial charge in [-0.2, -0.15) is 0 Å². The fourth-order valence-electron chi connectivity index (χ4n) is 2.14. The van der Waals surface area contributed by atoms with Crippen LogP contribution in [0.4, 0.5) is 0 Å². The highest BCUT2D eigenvalue weighted by atomic mass is 16.3. The highest BCUT2D eigenvalue weighted by molar-refractivity contribution is 6.26. The molecule has 0 saturated heterocycles. The Balaban J connectivity index is 2.55. The van der Waals surface area contributed by atoms with E-state index in [0.717, 1.165) is 4.90 Å². The van der Waals surface area contributed by atoms with Crippen LogP contribution in [0.15, 0.2) is 18.5 Å². The van der Waals surface area contributed by atoms with Gasteiger partial charge in [0.2, 0.25) is 0 Å². The summed E-state index contributed by atoms with van der Waals surface area (Å²) < 4.78 is 0. The van der Waals surface area contributed by atoms with Crippen LogP contribution in [-0.2, 0) is 0 Å². The summed E-state index contributed by atoms with van der Waals surface area (Å²) in [6.45, 7) is 0. The number of aromatic hydroxyl groups is 2. The van der Waals surface area contributed by atoms with Crippen LogP contribution >= 0.6 is 0 Å². The van der Waals surface area contributed by atoms with Crippen LogP contribution < -0.4 is 0 Å². The van der Waals surface area contributed by atoms with Gasteiger partial charge in [0.1, 0.15) is 11.5 Å². The maximum Gasteiger partial charge on any atom is 0.265 e. The predicted octanol–water partition coefficient (Wildman–Crippen LogP) is 0.872. The van der Waals surface area contributed by atoms with Gasteiger partial charge in [-0.1, -0.05) is 0 Å². The van der Waals surface area contributed by atoms with Gasteiger partial charge in [0, 0.05) is 30.2 Å². The SMILES string of the molecule is CN1C(=O)c2c(c(O)c3cnccc3c2O)C1=O. The number of hydrogen-bond donors (Lipinski definition) is 2. The lowest BCUT2D eigenvalue weighted by Gasteiger charge is -2.07. The average molecular weight is 244 g/mol. The molecule has 0 bridgehead atoms. The smallest absolute Gasteiger partial charge is 0.265 e. The lowest BCUT2D eigenvalue weighted by Crippen LogP contribution is -2.24. The molecule has 0 aliphatic carbocycles. The first-order chi connectivity index (χ1) is 8.54. The lowest BCUT2D eigenvalue weighted by molar-refractivity contribution is 0.0692. The van der Waals surface area contributed by atoms with Crippen LogP contribution in [0, 0.1) is 0 Å². The van der Waals surface area contributed by atoms with Crippen LogP contribution in [0.5, 0.6) is 11.5 Å². The van der Waals surface area contributed by atoms with E-state index >= 15 is 0 Å². The van der Waals surface area contributed by atoms with Crippen LogP contribution in [-0.4, -0.2) is 39.0 Å². The zero-order valence-electron chi connectivity index (χ0n) is 9.34. The number of hydrogen-bond acceptors (Lipinski definition) is 5. The number of nitrogens with zero attached hydrogens (tertiary/aromatic N) is 2. The number of pyridine rings is 1. The molecule has 2 amide bonds. The summed E-state index contributed by atoms with van der Waals surface area (Å²) in [6.07, 6.45) is 2.76. The molecule has 1 aromatic carbocycles. The zero-order chi connectivity index (χ0) is 13.0. The molecule has 6 nitrogen and oxygen atoms in total. The number of aromatic nitrogens is 1. The summed E-state index contributed by atoms with van der Waals surface area (Å²) in [5, 5.41) is 20.6. The first-order valence-electron chi connectivity index (χ1n) is 5.18. The second-order valence-electron chi connectivity index (χ2n) is 4.04. The number of phenolic OH excluding ortho intramolecular Hbond substituents is 2. The van der Waals surface area contributed by atoms with Crippen molar-refractivity contribution in [2.45, 2.75) is 0 Å². The average Bonchev–Trinajstić information content (AvgIpc) is 2.61. The normalized spacial score (nSPS) is 14.4. The zero-order valence-corrected chi connectivity index (χ0v) is 9.34. The first-order valence-corrected chi connectivity index (χ1v) is 5.18. The number of rotatable bonds is 0. The highest BCUT2D eigenvalue weighted by Crippen LogP contribution is 2.42. The molecule has 6 heteroatoms. The fourth-order valence-corrected chi connectivity index (χ4v) is 2.14. The van der Waals surface area contributed by atoms with Crippen molar-refractivity contribution in [2.75, 3.05) is 7.05 Å². The van der Waals surface area contributed by atoms with Gasteiger partial charge >= 0.3 is 0 Å². The first kappa shape index (κ1) is 10.5. The second-order valence-corrected chi connectivity index (χ2v) is 4.04. The summed E-state index contributed by atoms with van der Waals surface area (Å²) in [6, 6.07) is 1.47. The largest absolute Gasteiger partial charge is 0.506 e. The summed E-state index contributed by atoms with van der Waals surface area (Å²) in [4.78, 5) is 28.4. The van der Waals surface area contributed by atoms with Crippen molar-refractivity contribution >= 4 is 22.6 Å². The molecule has 1 aliphatic heterocycles. The minimum absolute atomic E-state index is 0.154. The summed E-state index contributed by atoms with van der Waals surface area (Å²) in [5.41, 5.74) is -0.320. The second kappa shape index (κ2) is 3.19. The van der Waals surface area contributed by atoms with Gasteiger partial charge in [0.05, 0.1) is 11.1 Å². The number of carbonyl (C=O) groups is 2. The van der Waals surface area contributed by atoms with E-state index in [-0.39, 0.29) is 33.4 Å². The van der Waals surface area contributed by atoms with Crippen LogP contribution in [0.1, 0.15) is 20.7 Å². The van der Waals surface area contributed by atoms with Crippen molar-refractivity contribution in [3.63, 3.8) is 0 Å². The number of benzene rings is 1. The molecule has 2 heterocycles. The highest BCUT2D eigenvalue weighted by Gasteiger charge is 2.39. The Bertz CT molecular complexity index is 663. The Labute approximate surface area is 101 Å². The molecule has 2 aromatic rings. The lowest BCUT2D eigenvalue weighted by atomic mass is 10.0. The molecule has 0 spiro atoms. The topological polar surface area (TPSA) is 90.7 Å². The van der Waals surface area contributed by atoms with E-state index in [4.69, 9.17) is 0 Å². The van der Waals surface area contributed by atoms with E-state index < -0.39 is 11.8 Å². The molecule has 0 radical (unpaired) electrons. The number of amides is 2. The Morgan fingerprint density at radius 3 is 2.22 bits per heavy atom. The van der Waals surface area contributed by atoms with Gasteiger partial charge in [-0.25, -0.2) is 0 Å². The van der Waals surface area contributed by atoms with E-state index in [1.165, 1.54) is 25.5 Å². The van der Waals surface area contributed by atoms with Crippen LogP contribution in [0.3, 0.4) is 0 Å². The monoisotopic (exact) mass is 244 g/mol. The molecule has 90 valence electrons. The minimum Gasteiger partial charge on any atom is -0.506 e. The Morgan fingerprint density at radius 2 is 1.61 bits per heavy atom. The Hall–Kier alpha value is -2.63.